The molecular formula is C18H14F3N3O3. The third kappa shape index (κ3) is 2.99. The molecule has 9 heteroatoms. The molecule has 140 valence electrons. The summed E-state index contributed by atoms with van der Waals surface area (Å²) in [6.45, 7) is -0.678. The summed E-state index contributed by atoms with van der Waals surface area (Å²) < 4.78 is 39.6. The van der Waals surface area contributed by atoms with E-state index in [4.69, 9.17) is 5.26 Å². The van der Waals surface area contributed by atoms with Gasteiger partial charge in [-0.3, -0.25) is 4.90 Å². The van der Waals surface area contributed by atoms with Crippen LogP contribution in [-0.2, 0) is 11.7 Å². The molecule has 1 aliphatic heterocycles. The van der Waals surface area contributed by atoms with E-state index in [0.29, 0.717) is 11.6 Å². The van der Waals surface area contributed by atoms with Crippen LogP contribution in [0.3, 0.4) is 0 Å². The Morgan fingerprint density at radius 2 is 1.89 bits per heavy atom. The summed E-state index contributed by atoms with van der Waals surface area (Å²) in [6.07, 6.45) is -6.48. The van der Waals surface area contributed by atoms with Crippen LogP contribution in [-0.4, -0.2) is 29.1 Å². The van der Waals surface area contributed by atoms with E-state index in [1.54, 1.807) is 30.3 Å². The minimum absolute atomic E-state index is 0.252. The lowest BCUT2D eigenvalue weighted by atomic mass is 9.89. The summed E-state index contributed by atoms with van der Waals surface area (Å²) in [6, 6.07) is 11.4. The Morgan fingerprint density at radius 1 is 1.22 bits per heavy atom. The van der Waals surface area contributed by atoms with Crippen molar-refractivity contribution >= 4 is 11.7 Å². The number of aliphatic hydroxyl groups is 2. The van der Waals surface area contributed by atoms with Gasteiger partial charge >= 0.3 is 12.2 Å². The van der Waals surface area contributed by atoms with Crippen LogP contribution in [0.25, 0.3) is 0 Å². The summed E-state index contributed by atoms with van der Waals surface area (Å²) in [7, 11) is 0. The Kier molecular flexibility index (Phi) is 4.55. The number of hydrogen-bond donors (Lipinski definition) is 3. The van der Waals surface area contributed by atoms with Gasteiger partial charge in [0.25, 0.3) is 0 Å². The minimum Gasteiger partial charge on any atom is -0.393 e. The third-order valence-electron chi connectivity index (χ3n) is 4.48. The van der Waals surface area contributed by atoms with Crippen LogP contribution in [0.15, 0.2) is 48.5 Å². The predicted molar refractivity (Wildman–Crippen MR) is 88.4 cm³/mol. The normalized spacial score (nSPS) is 22.4. The number of anilines is 1. The maximum Gasteiger partial charge on any atom is 0.417 e. The van der Waals surface area contributed by atoms with E-state index < -0.39 is 41.7 Å². The zero-order valence-corrected chi connectivity index (χ0v) is 13.7. The van der Waals surface area contributed by atoms with Gasteiger partial charge in [-0.2, -0.15) is 18.4 Å². The lowest BCUT2D eigenvalue weighted by Gasteiger charge is -2.32. The SMILES string of the molecule is N#Cc1ccc(N2C(=O)N[C@](CO)(c3ccccc3)C2O)cc1C(F)(F)F. The molecule has 2 aromatic rings. The zero-order valence-electron chi connectivity index (χ0n) is 13.7. The maximum absolute atomic E-state index is 13.2. The molecule has 2 amide bonds. The van der Waals surface area contributed by atoms with Crippen molar-refractivity contribution < 1.29 is 28.2 Å². The minimum atomic E-state index is -4.81. The van der Waals surface area contributed by atoms with Gasteiger partial charge in [0.1, 0.15) is 5.54 Å². The molecule has 3 rings (SSSR count). The molecule has 0 radical (unpaired) electrons. The standard InChI is InChI=1S/C18H14F3N3O3/c19-18(20,21)14-8-13(7-6-11(14)9-22)24-15(26)17(10-25,23-16(24)27)12-4-2-1-3-5-12/h1-8,15,25-26H,10H2,(H,23,27)/t15?,17-/m1/s1. The molecule has 0 aliphatic carbocycles. The second-order valence-corrected chi connectivity index (χ2v) is 6.01. The quantitative estimate of drug-likeness (QED) is 0.765. The first-order valence-electron chi connectivity index (χ1n) is 7.82. The number of nitrogens with one attached hydrogen (secondary N) is 1. The number of urea groups is 1. The third-order valence-corrected chi connectivity index (χ3v) is 4.48. The van der Waals surface area contributed by atoms with Crippen molar-refractivity contribution in [3.8, 4) is 6.07 Å². The number of carbonyl (C=O) groups excluding carboxylic acids is 1. The monoisotopic (exact) mass is 377 g/mol. The molecule has 1 fully saturated rings. The number of rotatable bonds is 3. The highest BCUT2D eigenvalue weighted by molar-refractivity contribution is 5.96. The van der Waals surface area contributed by atoms with E-state index in [1.807, 2.05) is 0 Å². The van der Waals surface area contributed by atoms with Gasteiger partial charge in [0.2, 0.25) is 0 Å². The van der Waals surface area contributed by atoms with Crippen molar-refractivity contribution in [3.63, 3.8) is 0 Å². The Bertz CT molecular complexity index is 912. The van der Waals surface area contributed by atoms with Crippen LogP contribution < -0.4 is 10.2 Å². The molecule has 0 saturated carbocycles. The number of aliphatic hydroxyl groups excluding tert-OH is 2. The van der Waals surface area contributed by atoms with Gasteiger partial charge < -0.3 is 15.5 Å². The fraction of sp³-hybridized carbons (Fsp3) is 0.222. The number of nitrogens with zero attached hydrogens (tertiary/aromatic N) is 2. The van der Waals surface area contributed by atoms with E-state index in [-0.39, 0.29) is 5.69 Å². The maximum atomic E-state index is 13.2. The Labute approximate surface area is 152 Å². The van der Waals surface area contributed by atoms with Crippen LogP contribution in [0, 0.1) is 11.3 Å². The molecule has 1 saturated heterocycles. The van der Waals surface area contributed by atoms with E-state index in [9.17, 15) is 28.2 Å². The Morgan fingerprint density at radius 3 is 2.44 bits per heavy atom. The van der Waals surface area contributed by atoms with Crippen molar-refractivity contribution in [2.45, 2.75) is 17.9 Å². The van der Waals surface area contributed by atoms with E-state index >= 15 is 0 Å². The molecule has 0 spiro atoms. The van der Waals surface area contributed by atoms with Crippen LogP contribution in [0.2, 0.25) is 0 Å². The van der Waals surface area contributed by atoms with E-state index in [2.05, 4.69) is 5.32 Å². The van der Waals surface area contributed by atoms with Crippen LogP contribution >= 0.6 is 0 Å². The van der Waals surface area contributed by atoms with Gasteiger partial charge in [-0.1, -0.05) is 30.3 Å². The fourth-order valence-corrected chi connectivity index (χ4v) is 3.09. The largest absolute Gasteiger partial charge is 0.417 e. The molecule has 2 atom stereocenters. The van der Waals surface area contributed by atoms with Crippen molar-refractivity contribution in [2.75, 3.05) is 11.5 Å². The van der Waals surface area contributed by atoms with Gasteiger partial charge in [-0.05, 0) is 23.8 Å². The molecule has 6 nitrogen and oxygen atoms in total. The van der Waals surface area contributed by atoms with Crippen LogP contribution in [0.5, 0.6) is 0 Å². The molecule has 1 heterocycles. The topological polar surface area (TPSA) is 96.6 Å². The fourth-order valence-electron chi connectivity index (χ4n) is 3.09. The van der Waals surface area contributed by atoms with Gasteiger partial charge in [0.15, 0.2) is 6.23 Å². The molecule has 0 bridgehead atoms. The highest BCUT2D eigenvalue weighted by Crippen LogP contribution is 2.39. The highest BCUT2D eigenvalue weighted by Gasteiger charge is 2.52. The first-order valence-corrected chi connectivity index (χ1v) is 7.82. The molecule has 2 aromatic carbocycles. The summed E-state index contributed by atoms with van der Waals surface area (Å²) in [4.78, 5) is 13.2. The second kappa shape index (κ2) is 6.57. The first-order chi connectivity index (χ1) is 12.7. The van der Waals surface area contributed by atoms with Crippen molar-refractivity contribution in [1.82, 2.24) is 5.32 Å². The van der Waals surface area contributed by atoms with E-state index in [0.717, 1.165) is 17.0 Å². The number of benzene rings is 2. The summed E-state index contributed by atoms with van der Waals surface area (Å²) in [5.41, 5.74) is -3.29. The number of amides is 2. The van der Waals surface area contributed by atoms with Crippen LogP contribution in [0.4, 0.5) is 23.7 Å². The number of halogens is 3. The molecule has 1 aliphatic rings. The molecule has 3 N–H and O–H groups in total. The summed E-state index contributed by atoms with van der Waals surface area (Å²) in [5.74, 6) is 0. The summed E-state index contributed by atoms with van der Waals surface area (Å²) >= 11 is 0. The molecule has 0 aromatic heterocycles. The van der Waals surface area contributed by atoms with Gasteiger partial charge in [-0.25, -0.2) is 4.79 Å². The Balaban J connectivity index is 2.09. The van der Waals surface area contributed by atoms with Gasteiger partial charge in [-0.15, -0.1) is 0 Å². The number of carbonyl (C=O) groups is 1. The average Bonchev–Trinajstić information content (AvgIpc) is 2.92. The second-order valence-electron chi connectivity index (χ2n) is 6.01. The lowest BCUT2D eigenvalue weighted by molar-refractivity contribution is -0.137. The van der Waals surface area contributed by atoms with Gasteiger partial charge in [0, 0.05) is 5.69 Å². The van der Waals surface area contributed by atoms with Gasteiger partial charge in [0.05, 0.1) is 23.8 Å². The Hall–Kier alpha value is -3.09. The van der Waals surface area contributed by atoms with Crippen molar-refractivity contribution in [2.24, 2.45) is 0 Å². The number of alkyl halides is 3. The van der Waals surface area contributed by atoms with E-state index in [1.165, 1.54) is 6.07 Å². The molecule has 1 unspecified atom stereocenters. The zero-order chi connectivity index (χ0) is 19.8. The number of nitriles is 1. The average molecular weight is 377 g/mol. The molecular weight excluding hydrogens is 363 g/mol. The predicted octanol–water partition coefficient (Wildman–Crippen LogP) is 2.31. The lowest BCUT2D eigenvalue weighted by Crippen LogP contribution is -2.50. The number of hydrogen-bond acceptors (Lipinski definition) is 4. The first kappa shape index (κ1) is 18.7. The molecule has 27 heavy (non-hydrogen) atoms. The van der Waals surface area contributed by atoms with Crippen LogP contribution in [0.1, 0.15) is 16.7 Å². The smallest absolute Gasteiger partial charge is 0.393 e. The van der Waals surface area contributed by atoms with Crippen molar-refractivity contribution in [3.05, 3.63) is 65.2 Å². The summed E-state index contributed by atoms with van der Waals surface area (Å²) in [5, 5.41) is 31.9. The van der Waals surface area contributed by atoms with Crippen molar-refractivity contribution in [1.29, 1.82) is 5.26 Å². The highest BCUT2D eigenvalue weighted by atomic mass is 19.4.